The monoisotopic (exact) mass is 394 g/mol. The fraction of sp³-hybridized carbons (Fsp3) is 0.450. The van der Waals surface area contributed by atoms with Gasteiger partial charge in [-0.2, -0.15) is 0 Å². The minimum atomic E-state index is -0.100. The summed E-state index contributed by atoms with van der Waals surface area (Å²) < 4.78 is 16.6. The molecule has 2 heterocycles. The van der Waals surface area contributed by atoms with Crippen LogP contribution in [-0.2, 0) is 4.74 Å². The molecule has 1 amide bonds. The maximum Gasteiger partial charge on any atom is 0.251 e. The molecule has 1 N–H and O–H groups in total. The second kappa shape index (κ2) is 11.0. The molecular weight excluding hydrogens is 368 g/mol. The summed E-state index contributed by atoms with van der Waals surface area (Å²) in [6, 6.07) is 11.1. The second-order valence-corrected chi connectivity index (χ2v) is 6.26. The number of halogens is 1. The number of carbonyl (C=O) groups is 1. The van der Waals surface area contributed by atoms with E-state index in [4.69, 9.17) is 13.9 Å². The molecule has 1 fully saturated rings. The number of amides is 1. The van der Waals surface area contributed by atoms with Crippen LogP contribution >= 0.6 is 12.4 Å². The molecule has 0 radical (unpaired) electrons. The standard InChI is InChI=1S/C20H26N2O4.ClH/c1-2-11-25-17-7-5-16(6-8-17)20(23)21-15-18(19-4-3-12-26-19)22-9-13-24-14-10-22;/h3-8,12,18H,2,9-11,13-15H2,1H3,(H,21,23);1H. The van der Waals surface area contributed by atoms with Gasteiger partial charge in [-0.05, 0) is 42.8 Å². The van der Waals surface area contributed by atoms with Crippen molar-refractivity contribution in [1.29, 1.82) is 0 Å². The maximum atomic E-state index is 12.5. The van der Waals surface area contributed by atoms with Gasteiger partial charge in [-0.25, -0.2) is 0 Å². The molecule has 3 rings (SSSR count). The largest absolute Gasteiger partial charge is 0.494 e. The molecule has 7 heteroatoms. The average Bonchev–Trinajstić information content (AvgIpc) is 3.22. The molecule has 0 saturated carbocycles. The summed E-state index contributed by atoms with van der Waals surface area (Å²) in [4.78, 5) is 14.8. The first-order valence-electron chi connectivity index (χ1n) is 9.14. The first-order chi connectivity index (χ1) is 12.8. The van der Waals surface area contributed by atoms with E-state index in [-0.39, 0.29) is 24.4 Å². The zero-order valence-electron chi connectivity index (χ0n) is 15.6. The molecule has 1 atom stereocenters. The minimum Gasteiger partial charge on any atom is -0.494 e. The van der Waals surface area contributed by atoms with E-state index in [1.807, 2.05) is 24.3 Å². The van der Waals surface area contributed by atoms with Crippen molar-refractivity contribution in [3.05, 3.63) is 54.0 Å². The summed E-state index contributed by atoms with van der Waals surface area (Å²) in [5, 5.41) is 3.03. The van der Waals surface area contributed by atoms with Crippen LogP contribution in [0, 0.1) is 0 Å². The van der Waals surface area contributed by atoms with Gasteiger partial charge in [0.1, 0.15) is 11.5 Å². The van der Waals surface area contributed by atoms with Gasteiger partial charge in [-0.15, -0.1) is 12.4 Å². The van der Waals surface area contributed by atoms with Gasteiger partial charge in [0.05, 0.1) is 32.1 Å². The third kappa shape index (κ3) is 5.99. The van der Waals surface area contributed by atoms with Crippen LogP contribution in [0.3, 0.4) is 0 Å². The average molecular weight is 395 g/mol. The lowest BCUT2D eigenvalue weighted by Gasteiger charge is -2.33. The summed E-state index contributed by atoms with van der Waals surface area (Å²) in [6.45, 7) is 6.27. The van der Waals surface area contributed by atoms with E-state index < -0.39 is 0 Å². The van der Waals surface area contributed by atoms with E-state index in [1.165, 1.54) is 0 Å². The van der Waals surface area contributed by atoms with Crippen LogP contribution in [0.4, 0.5) is 0 Å². The molecule has 1 aromatic heterocycles. The highest BCUT2D eigenvalue weighted by Crippen LogP contribution is 2.22. The summed E-state index contributed by atoms with van der Waals surface area (Å²) >= 11 is 0. The first-order valence-corrected chi connectivity index (χ1v) is 9.14. The van der Waals surface area contributed by atoms with Gasteiger partial charge in [0, 0.05) is 25.2 Å². The van der Waals surface area contributed by atoms with Crippen LogP contribution in [0.1, 0.15) is 35.5 Å². The Kier molecular flexibility index (Phi) is 8.64. The SMILES string of the molecule is CCCOc1ccc(C(=O)NCC(c2ccco2)N2CCOCC2)cc1.Cl. The Morgan fingerprint density at radius 2 is 1.96 bits per heavy atom. The number of ether oxygens (including phenoxy) is 2. The van der Waals surface area contributed by atoms with E-state index in [9.17, 15) is 4.79 Å². The van der Waals surface area contributed by atoms with Gasteiger partial charge < -0.3 is 19.2 Å². The molecule has 1 aliphatic rings. The van der Waals surface area contributed by atoms with E-state index >= 15 is 0 Å². The van der Waals surface area contributed by atoms with Crippen LogP contribution in [0.15, 0.2) is 47.1 Å². The molecule has 2 aromatic rings. The number of carbonyl (C=O) groups excluding carboxylic acids is 1. The molecule has 0 spiro atoms. The lowest BCUT2D eigenvalue weighted by atomic mass is 10.1. The number of furan rings is 1. The van der Waals surface area contributed by atoms with Crippen LogP contribution in [-0.4, -0.2) is 50.3 Å². The molecule has 27 heavy (non-hydrogen) atoms. The Morgan fingerprint density at radius 1 is 1.22 bits per heavy atom. The highest BCUT2D eigenvalue weighted by molar-refractivity contribution is 5.94. The third-order valence-electron chi connectivity index (χ3n) is 4.40. The molecule has 6 nitrogen and oxygen atoms in total. The Bertz CT molecular complexity index is 670. The van der Waals surface area contributed by atoms with E-state index in [0.29, 0.717) is 31.9 Å². The fourth-order valence-electron chi connectivity index (χ4n) is 2.99. The van der Waals surface area contributed by atoms with Crippen molar-refractivity contribution in [1.82, 2.24) is 10.2 Å². The summed E-state index contributed by atoms with van der Waals surface area (Å²) in [5.41, 5.74) is 0.619. The van der Waals surface area contributed by atoms with Crippen molar-refractivity contribution < 1.29 is 18.7 Å². The van der Waals surface area contributed by atoms with Crippen LogP contribution in [0.2, 0.25) is 0 Å². The Labute approximate surface area is 166 Å². The summed E-state index contributed by atoms with van der Waals surface area (Å²) in [5.74, 6) is 1.54. The van der Waals surface area contributed by atoms with Crippen LogP contribution in [0.25, 0.3) is 0 Å². The van der Waals surface area contributed by atoms with Gasteiger partial charge in [-0.1, -0.05) is 6.92 Å². The molecule has 148 valence electrons. The number of benzene rings is 1. The van der Waals surface area contributed by atoms with E-state index in [2.05, 4.69) is 17.1 Å². The molecule has 0 aliphatic carbocycles. The van der Waals surface area contributed by atoms with Crippen molar-refractivity contribution in [2.75, 3.05) is 39.5 Å². The third-order valence-corrected chi connectivity index (χ3v) is 4.40. The number of hydrogen-bond acceptors (Lipinski definition) is 5. The number of nitrogens with zero attached hydrogens (tertiary/aromatic N) is 1. The van der Waals surface area contributed by atoms with Crippen LogP contribution in [0.5, 0.6) is 5.75 Å². The molecule has 1 saturated heterocycles. The van der Waals surface area contributed by atoms with Gasteiger partial charge >= 0.3 is 0 Å². The maximum absolute atomic E-state index is 12.5. The Hall–Kier alpha value is -2.02. The van der Waals surface area contributed by atoms with Crippen molar-refractivity contribution in [2.45, 2.75) is 19.4 Å². The van der Waals surface area contributed by atoms with Gasteiger partial charge in [0.15, 0.2) is 0 Å². The second-order valence-electron chi connectivity index (χ2n) is 6.26. The minimum absolute atomic E-state index is 0. The predicted molar refractivity (Wildman–Crippen MR) is 106 cm³/mol. The summed E-state index contributed by atoms with van der Waals surface area (Å²) in [6.07, 6.45) is 2.62. The topological polar surface area (TPSA) is 63.9 Å². The quantitative estimate of drug-likeness (QED) is 0.744. The molecule has 1 aromatic carbocycles. The van der Waals surface area contributed by atoms with Gasteiger partial charge in [-0.3, -0.25) is 9.69 Å². The number of morpholine rings is 1. The highest BCUT2D eigenvalue weighted by Gasteiger charge is 2.25. The lowest BCUT2D eigenvalue weighted by molar-refractivity contribution is 0.0118. The number of hydrogen-bond donors (Lipinski definition) is 1. The van der Waals surface area contributed by atoms with Crippen molar-refractivity contribution >= 4 is 18.3 Å². The zero-order valence-corrected chi connectivity index (χ0v) is 16.4. The predicted octanol–water partition coefficient (Wildman–Crippen LogP) is 3.29. The van der Waals surface area contributed by atoms with Crippen LogP contribution < -0.4 is 10.1 Å². The Morgan fingerprint density at radius 3 is 2.59 bits per heavy atom. The first kappa shape index (κ1) is 21.3. The highest BCUT2D eigenvalue weighted by atomic mass is 35.5. The molecule has 0 bridgehead atoms. The van der Waals surface area contributed by atoms with Gasteiger partial charge in [0.25, 0.3) is 5.91 Å². The Balaban J connectivity index is 0.00000261. The smallest absolute Gasteiger partial charge is 0.251 e. The summed E-state index contributed by atoms with van der Waals surface area (Å²) in [7, 11) is 0. The van der Waals surface area contributed by atoms with Crippen molar-refractivity contribution in [3.63, 3.8) is 0 Å². The number of rotatable bonds is 8. The number of nitrogens with one attached hydrogen (secondary N) is 1. The van der Waals surface area contributed by atoms with Crippen molar-refractivity contribution in [2.24, 2.45) is 0 Å². The molecule has 1 aliphatic heterocycles. The van der Waals surface area contributed by atoms with Crippen molar-refractivity contribution in [3.8, 4) is 5.75 Å². The molecule has 1 unspecified atom stereocenters. The van der Waals surface area contributed by atoms with Gasteiger partial charge in [0.2, 0.25) is 0 Å². The normalized spacial score (nSPS) is 15.6. The molecular formula is C20H27ClN2O4. The van der Waals surface area contributed by atoms with E-state index in [0.717, 1.165) is 31.0 Å². The van der Waals surface area contributed by atoms with E-state index in [1.54, 1.807) is 18.4 Å². The zero-order chi connectivity index (χ0) is 18.2. The lowest BCUT2D eigenvalue weighted by Crippen LogP contribution is -2.43. The fourth-order valence-corrected chi connectivity index (χ4v) is 2.99.